The highest BCUT2D eigenvalue weighted by Crippen LogP contribution is 1.78. The molecule has 62 valence electrons. The summed E-state index contributed by atoms with van der Waals surface area (Å²) < 4.78 is 0. The van der Waals surface area contributed by atoms with E-state index in [4.69, 9.17) is 10.2 Å². The molecule has 0 saturated carbocycles. The van der Waals surface area contributed by atoms with Gasteiger partial charge in [-0.1, -0.05) is 25.5 Å². The molecule has 0 aliphatic rings. The SMILES string of the molecule is CC=CCO.CCCCO. The van der Waals surface area contributed by atoms with Crippen molar-refractivity contribution in [3.63, 3.8) is 0 Å². The molecule has 2 heteroatoms. The van der Waals surface area contributed by atoms with Crippen LogP contribution in [0.2, 0.25) is 0 Å². The van der Waals surface area contributed by atoms with E-state index in [1.807, 2.05) is 6.92 Å². The molecule has 2 N–H and O–H groups in total. The summed E-state index contributed by atoms with van der Waals surface area (Å²) in [5.41, 5.74) is 0. The Morgan fingerprint density at radius 2 is 1.90 bits per heavy atom. The fourth-order valence-electron chi connectivity index (χ4n) is 0.264. The second kappa shape index (κ2) is 15.9. The predicted molar refractivity (Wildman–Crippen MR) is 43.9 cm³/mol. The third-order valence-corrected chi connectivity index (χ3v) is 0.853. The van der Waals surface area contributed by atoms with Gasteiger partial charge in [-0.05, 0) is 13.3 Å². The highest BCUT2D eigenvalue weighted by molar-refractivity contribution is 4.74. The average molecular weight is 146 g/mol. The molecule has 0 radical (unpaired) electrons. The van der Waals surface area contributed by atoms with Crippen molar-refractivity contribution >= 4 is 0 Å². The lowest BCUT2D eigenvalue weighted by molar-refractivity contribution is 0.287. The summed E-state index contributed by atoms with van der Waals surface area (Å²) in [5, 5.41) is 16.0. The Bertz CT molecular complexity index is 58.3. The Hall–Kier alpha value is -0.340. The number of aliphatic hydroxyl groups excluding tert-OH is 2. The molecule has 0 saturated heterocycles. The first kappa shape index (κ1) is 12.3. The van der Waals surface area contributed by atoms with Crippen LogP contribution in [0.5, 0.6) is 0 Å². The minimum Gasteiger partial charge on any atom is -0.396 e. The maximum Gasteiger partial charge on any atom is 0.0612 e. The number of hydrogen-bond acceptors (Lipinski definition) is 2. The van der Waals surface area contributed by atoms with Crippen LogP contribution in [0.15, 0.2) is 12.2 Å². The fraction of sp³-hybridized carbons (Fsp3) is 0.750. The van der Waals surface area contributed by atoms with E-state index in [-0.39, 0.29) is 6.61 Å². The van der Waals surface area contributed by atoms with Gasteiger partial charge in [0, 0.05) is 6.61 Å². The first-order valence-electron chi connectivity index (χ1n) is 3.66. The molecule has 0 aromatic heterocycles. The standard InChI is InChI=1S/C4H10O.C4H8O/c2*1-2-3-4-5/h5H,2-4H2,1H3;2-3,5H,4H2,1H3. The molecule has 0 aliphatic heterocycles. The van der Waals surface area contributed by atoms with Crippen LogP contribution in [0.3, 0.4) is 0 Å². The summed E-state index contributed by atoms with van der Waals surface area (Å²) in [5.74, 6) is 0. The van der Waals surface area contributed by atoms with Crippen molar-refractivity contribution in [1.82, 2.24) is 0 Å². The van der Waals surface area contributed by atoms with E-state index in [0.29, 0.717) is 6.61 Å². The van der Waals surface area contributed by atoms with E-state index < -0.39 is 0 Å². The molecule has 0 aromatic rings. The quantitative estimate of drug-likeness (QED) is 0.590. The van der Waals surface area contributed by atoms with Gasteiger partial charge >= 0.3 is 0 Å². The van der Waals surface area contributed by atoms with Gasteiger partial charge in [0.2, 0.25) is 0 Å². The first-order valence-corrected chi connectivity index (χ1v) is 3.66. The maximum atomic E-state index is 8.07. The fourth-order valence-corrected chi connectivity index (χ4v) is 0.264. The van der Waals surface area contributed by atoms with E-state index in [0.717, 1.165) is 12.8 Å². The number of hydrogen-bond donors (Lipinski definition) is 2. The zero-order valence-corrected chi connectivity index (χ0v) is 6.88. The largest absolute Gasteiger partial charge is 0.396 e. The highest BCUT2D eigenvalue weighted by Gasteiger charge is 1.69. The molecule has 0 amide bonds. The van der Waals surface area contributed by atoms with Gasteiger partial charge in [0.1, 0.15) is 0 Å². The number of allylic oxidation sites excluding steroid dienone is 1. The molecule has 0 aliphatic carbocycles. The van der Waals surface area contributed by atoms with Crippen LogP contribution in [-0.4, -0.2) is 23.4 Å². The zero-order valence-electron chi connectivity index (χ0n) is 6.88. The average Bonchev–Trinajstić information content (AvgIpc) is 1.93. The second-order valence-electron chi connectivity index (χ2n) is 1.83. The summed E-state index contributed by atoms with van der Waals surface area (Å²) in [4.78, 5) is 0. The van der Waals surface area contributed by atoms with Crippen molar-refractivity contribution in [1.29, 1.82) is 0 Å². The molecular weight excluding hydrogens is 128 g/mol. The lowest BCUT2D eigenvalue weighted by Crippen LogP contribution is -1.75. The van der Waals surface area contributed by atoms with E-state index in [9.17, 15) is 0 Å². The number of rotatable bonds is 3. The molecule has 0 heterocycles. The monoisotopic (exact) mass is 146 g/mol. The molecule has 0 unspecified atom stereocenters. The van der Waals surface area contributed by atoms with Gasteiger partial charge in [-0.3, -0.25) is 0 Å². The number of aliphatic hydroxyl groups is 2. The summed E-state index contributed by atoms with van der Waals surface area (Å²) in [7, 11) is 0. The Morgan fingerprint density at radius 3 is 1.90 bits per heavy atom. The lowest BCUT2D eigenvalue weighted by Gasteiger charge is -1.79. The van der Waals surface area contributed by atoms with E-state index in [1.165, 1.54) is 0 Å². The topological polar surface area (TPSA) is 40.5 Å². The van der Waals surface area contributed by atoms with E-state index in [2.05, 4.69) is 6.92 Å². The van der Waals surface area contributed by atoms with Gasteiger partial charge in [-0.15, -0.1) is 0 Å². The van der Waals surface area contributed by atoms with Crippen LogP contribution in [0, 0.1) is 0 Å². The molecule has 0 spiro atoms. The lowest BCUT2D eigenvalue weighted by atomic mass is 10.4. The summed E-state index contributed by atoms with van der Waals surface area (Å²) in [6.07, 6.45) is 5.52. The summed E-state index contributed by atoms with van der Waals surface area (Å²) >= 11 is 0. The molecule has 2 nitrogen and oxygen atoms in total. The zero-order chi connectivity index (χ0) is 8.24. The Kier molecular flexibility index (Phi) is 19.6. The van der Waals surface area contributed by atoms with Crippen LogP contribution in [0.1, 0.15) is 26.7 Å². The van der Waals surface area contributed by atoms with Gasteiger partial charge in [-0.25, -0.2) is 0 Å². The smallest absolute Gasteiger partial charge is 0.0612 e. The van der Waals surface area contributed by atoms with E-state index in [1.54, 1.807) is 12.2 Å². The van der Waals surface area contributed by atoms with Gasteiger partial charge in [0.25, 0.3) is 0 Å². The van der Waals surface area contributed by atoms with Crippen molar-refractivity contribution in [3.05, 3.63) is 12.2 Å². The van der Waals surface area contributed by atoms with Crippen LogP contribution >= 0.6 is 0 Å². The summed E-state index contributed by atoms with van der Waals surface area (Å²) in [6.45, 7) is 4.43. The van der Waals surface area contributed by atoms with Crippen molar-refractivity contribution in [2.45, 2.75) is 26.7 Å². The molecule has 10 heavy (non-hydrogen) atoms. The third-order valence-electron chi connectivity index (χ3n) is 0.853. The highest BCUT2D eigenvalue weighted by atomic mass is 16.3. The van der Waals surface area contributed by atoms with Gasteiger partial charge in [0.15, 0.2) is 0 Å². The van der Waals surface area contributed by atoms with Crippen molar-refractivity contribution in [2.75, 3.05) is 13.2 Å². The Labute approximate surface area is 63.2 Å². The van der Waals surface area contributed by atoms with Crippen LogP contribution in [-0.2, 0) is 0 Å². The molecule has 0 aromatic carbocycles. The maximum absolute atomic E-state index is 8.07. The third kappa shape index (κ3) is 25.4. The van der Waals surface area contributed by atoms with Gasteiger partial charge in [0.05, 0.1) is 6.61 Å². The van der Waals surface area contributed by atoms with Crippen LogP contribution < -0.4 is 0 Å². The van der Waals surface area contributed by atoms with E-state index >= 15 is 0 Å². The first-order chi connectivity index (χ1) is 4.83. The Morgan fingerprint density at radius 1 is 1.30 bits per heavy atom. The minimum absolute atomic E-state index is 0.163. The van der Waals surface area contributed by atoms with Gasteiger partial charge in [-0.2, -0.15) is 0 Å². The van der Waals surface area contributed by atoms with Gasteiger partial charge < -0.3 is 10.2 Å². The Balaban J connectivity index is 0. The van der Waals surface area contributed by atoms with Crippen LogP contribution in [0.25, 0.3) is 0 Å². The predicted octanol–water partition coefficient (Wildman–Crippen LogP) is 1.33. The molecule has 0 fully saturated rings. The molecule has 0 atom stereocenters. The second-order valence-corrected chi connectivity index (χ2v) is 1.83. The molecule has 0 rings (SSSR count). The minimum atomic E-state index is 0.163. The molecule has 0 bridgehead atoms. The number of unbranched alkanes of at least 4 members (excludes halogenated alkanes) is 1. The normalized spacial score (nSPS) is 9.20. The molecular formula is C8H18O2. The van der Waals surface area contributed by atoms with Crippen molar-refractivity contribution in [3.8, 4) is 0 Å². The summed E-state index contributed by atoms with van der Waals surface area (Å²) in [6, 6.07) is 0. The van der Waals surface area contributed by atoms with Crippen LogP contribution in [0.4, 0.5) is 0 Å². The van der Waals surface area contributed by atoms with Crippen molar-refractivity contribution in [2.24, 2.45) is 0 Å². The van der Waals surface area contributed by atoms with Crippen molar-refractivity contribution < 1.29 is 10.2 Å².